The van der Waals surface area contributed by atoms with Crippen LogP contribution in [-0.2, 0) is 21.1 Å². The Bertz CT molecular complexity index is 29.6. The van der Waals surface area contributed by atoms with E-state index in [9.17, 15) is 0 Å². The third-order valence-corrected chi connectivity index (χ3v) is 0.881. The summed E-state index contributed by atoms with van der Waals surface area (Å²) in [5, 5.41) is 0. The molecule has 0 fully saturated rings. The Morgan fingerprint density at radius 1 is 1.12 bits per heavy atom. The summed E-state index contributed by atoms with van der Waals surface area (Å²) in [6, 6.07) is 0. The van der Waals surface area contributed by atoms with Gasteiger partial charge in [-0.15, -0.1) is 0 Å². The molecule has 0 aromatic rings. The second-order valence-electron chi connectivity index (χ2n) is 1.60. The van der Waals surface area contributed by atoms with Crippen LogP contribution in [-0.4, -0.2) is 13.1 Å². The van der Waals surface area contributed by atoms with Crippen molar-refractivity contribution in [2.75, 3.05) is 13.1 Å². The van der Waals surface area contributed by atoms with E-state index in [0.29, 0.717) is 6.54 Å². The van der Waals surface area contributed by atoms with Crippen molar-refractivity contribution in [3.05, 3.63) is 5.73 Å². The van der Waals surface area contributed by atoms with Crippen molar-refractivity contribution >= 4 is 0 Å². The average Bonchev–Trinajstić information content (AvgIpc) is 1.69. The Hall–Kier alpha value is 0.608. The Kier molecular flexibility index (Phi) is 15.1. The first kappa shape index (κ1) is 11.4. The van der Waals surface area contributed by atoms with Gasteiger partial charge < -0.3 is 11.5 Å². The standard InChI is InChI=1S/C5H13N2.W/c6-4-2-1-3-5-7;/h6H,1-5,7H2;/q-1;. The van der Waals surface area contributed by atoms with Crippen molar-refractivity contribution in [2.45, 2.75) is 19.3 Å². The average molecular weight is 285 g/mol. The number of hydrogen-bond acceptors (Lipinski definition) is 1. The minimum Gasteiger partial charge on any atom is -0.677 e. The maximum absolute atomic E-state index is 6.74. The van der Waals surface area contributed by atoms with Crippen LogP contribution in [0.15, 0.2) is 0 Å². The monoisotopic (exact) mass is 285 g/mol. The van der Waals surface area contributed by atoms with Gasteiger partial charge in [0, 0.05) is 21.1 Å². The van der Waals surface area contributed by atoms with Crippen LogP contribution in [0.3, 0.4) is 0 Å². The smallest absolute Gasteiger partial charge is 0 e. The molecule has 50 valence electrons. The summed E-state index contributed by atoms with van der Waals surface area (Å²) in [7, 11) is 0. The van der Waals surface area contributed by atoms with E-state index in [0.717, 1.165) is 25.8 Å². The molecule has 0 aliphatic heterocycles. The Balaban J connectivity index is 0. The summed E-state index contributed by atoms with van der Waals surface area (Å²) in [6.07, 6.45) is 3.22. The zero-order valence-corrected chi connectivity index (χ0v) is 7.95. The van der Waals surface area contributed by atoms with Gasteiger partial charge in [0.25, 0.3) is 0 Å². The normalized spacial score (nSPS) is 8.25. The molecule has 0 unspecified atom stereocenters. The van der Waals surface area contributed by atoms with Crippen LogP contribution in [0.2, 0.25) is 0 Å². The van der Waals surface area contributed by atoms with Crippen molar-refractivity contribution < 1.29 is 21.1 Å². The number of nitrogens with two attached hydrogens (primary N) is 1. The van der Waals surface area contributed by atoms with Crippen LogP contribution in [0.25, 0.3) is 5.73 Å². The second kappa shape index (κ2) is 10.6. The summed E-state index contributed by atoms with van der Waals surface area (Å²) >= 11 is 0. The molecule has 0 radical (unpaired) electrons. The number of nitrogens with one attached hydrogen (secondary N) is 1. The van der Waals surface area contributed by atoms with E-state index in [1.54, 1.807) is 0 Å². The maximum Gasteiger partial charge on any atom is 0 e. The van der Waals surface area contributed by atoms with E-state index in [2.05, 4.69) is 0 Å². The summed E-state index contributed by atoms with van der Waals surface area (Å²) < 4.78 is 0. The summed E-state index contributed by atoms with van der Waals surface area (Å²) in [6.45, 7) is 1.33. The molecule has 0 saturated heterocycles. The fourth-order valence-electron chi connectivity index (χ4n) is 0.446. The van der Waals surface area contributed by atoms with Gasteiger partial charge >= 0.3 is 0 Å². The van der Waals surface area contributed by atoms with E-state index in [1.165, 1.54) is 0 Å². The molecule has 2 nitrogen and oxygen atoms in total. The molecule has 0 saturated carbocycles. The topological polar surface area (TPSA) is 49.8 Å². The summed E-state index contributed by atoms with van der Waals surface area (Å²) in [5.74, 6) is 0. The van der Waals surface area contributed by atoms with Crippen LogP contribution < -0.4 is 5.73 Å². The van der Waals surface area contributed by atoms with Gasteiger partial charge in [0.2, 0.25) is 0 Å². The number of rotatable bonds is 4. The van der Waals surface area contributed by atoms with E-state index in [1.807, 2.05) is 0 Å². The first-order chi connectivity index (χ1) is 3.41. The first-order valence-electron chi connectivity index (χ1n) is 2.76. The zero-order valence-electron chi connectivity index (χ0n) is 5.02. The van der Waals surface area contributed by atoms with Gasteiger partial charge in [-0.3, -0.25) is 0 Å². The van der Waals surface area contributed by atoms with Gasteiger partial charge in [-0.25, -0.2) is 0 Å². The molecule has 0 bridgehead atoms. The number of hydrogen-bond donors (Lipinski definition) is 1. The van der Waals surface area contributed by atoms with Crippen LogP contribution in [0.1, 0.15) is 19.3 Å². The minimum absolute atomic E-state index is 0. The quantitative estimate of drug-likeness (QED) is 0.774. The fraction of sp³-hybridized carbons (Fsp3) is 1.00. The van der Waals surface area contributed by atoms with Gasteiger partial charge in [0.05, 0.1) is 0 Å². The molecule has 0 amide bonds. The largest absolute Gasteiger partial charge is 0.677 e. The molecule has 0 aromatic carbocycles. The Morgan fingerprint density at radius 3 is 2.12 bits per heavy atom. The Labute approximate surface area is 65.3 Å². The third kappa shape index (κ3) is 9.79. The minimum atomic E-state index is 0. The SMILES string of the molecule is [NH-]CCCCCN.[W]. The molecule has 0 heterocycles. The van der Waals surface area contributed by atoms with Crippen LogP contribution in [0.4, 0.5) is 0 Å². The molecule has 8 heavy (non-hydrogen) atoms. The zero-order chi connectivity index (χ0) is 5.54. The van der Waals surface area contributed by atoms with Crippen LogP contribution in [0, 0.1) is 0 Å². The molecule has 0 aliphatic carbocycles. The van der Waals surface area contributed by atoms with Gasteiger partial charge in [-0.05, 0) is 13.0 Å². The van der Waals surface area contributed by atoms with E-state index >= 15 is 0 Å². The predicted octanol–water partition coefficient (Wildman–Crippen LogP) is 1.17. The molecule has 0 aliphatic rings. The van der Waals surface area contributed by atoms with E-state index in [-0.39, 0.29) is 21.1 Å². The van der Waals surface area contributed by atoms with Gasteiger partial charge in [0.1, 0.15) is 0 Å². The molecular formula is C5H13N2W-. The molecule has 0 spiro atoms. The van der Waals surface area contributed by atoms with Crippen molar-refractivity contribution in [3.63, 3.8) is 0 Å². The van der Waals surface area contributed by atoms with Gasteiger partial charge in [-0.1, -0.05) is 12.8 Å². The molecule has 0 atom stereocenters. The van der Waals surface area contributed by atoms with Crippen molar-refractivity contribution in [1.29, 1.82) is 0 Å². The molecule has 3 heteroatoms. The van der Waals surface area contributed by atoms with Crippen molar-refractivity contribution in [3.8, 4) is 0 Å². The van der Waals surface area contributed by atoms with E-state index in [4.69, 9.17) is 11.5 Å². The van der Waals surface area contributed by atoms with Gasteiger partial charge in [0.15, 0.2) is 0 Å². The number of unbranched alkanes of at least 4 members (excludes halogenated alkanes) is 2. The van der Waals surface area contributed by atoms with E-state index < -0.39 is 0 Å². The molecular weight excluding hydrogens is 272 g/mol. The van der Waals surface area contributed by atoms with Crippen molar-refractivity contribution in [1.82, 2.24) is 0 Å². The third-order valence-electron chi connectivity index (χ3n) is 0.881. The molecule has 0 aromatic heterocycles. The molecule has 3 N–H and O–H groups in total. The second-order valence-corrected chi connectivity index (χ2v) is 1.60. The summed E-state index contributed by atoms with van der Waals surface area (Å²) in [5.41, 5.74) is 11.9. The fourth-order valence-corrected chi connectivity index (χ4v) is 0.446. The summed E-state index contributed by atoms with van der Waals surface area (Å²) in [4.78, 5) is 0. The maximum atomic E-state index is 6.74. The van der Waals surface area contributed by atoms with Crippen LogP contribution >= 0.6 is 0 Å². The van der Waals surface area contributed by atoms with Gasteiger partial charge in [-0.2, -0.15) is 6.54 Å². The predicted molar refractivity (Wildman–Crippen MR) is 32.1 cm³/mol. The van der Waals surface area contributed by atoms with Crippen molar-refractivity contribution in [2.24, 2.45) is 5.73 Å². The Morgan fingerprint density at radius 2 is 1.75 bits per heavy atom. The first-order valence-corrected chi connectivity index (χ1v) is 2.76. The van der Waals surface area contributed by atoms with Crippen LogP contribution in [0.5, 0.6) is 0 Å². The molecule has 0 rings (SSSR count).